The van der Waals surface area contributed by atoms with Gasteiger partial charge < -0.3 is 9.47 Å². The van der Waals surface area contributed by atoms with Gasteiger partial charge in [0.05, 0.1) is 24.3 Å². The molecule has 1 aliphatic rings. The summed E-state index contributed by atoms with van der Waals surface area (Å²) < 4.78 is 45.2. The molecule has 198 valence electrons. The van der Waals surface area contributed by atoms with Gasteiger partial charge in [-0.25, -0.2) is 4.98 Å². The number of nitrogens with zero attached hydrogens (tertiary/aromatic N) is 6. The molecule has 1 amide bonds. The molecule has 0 radical (unpaired) electrons. The van der Waals surface area contributed by atoms with Crippen molar-refractivity contribution >= 4 is 22.4 Å². The molecule has 0 aliphatic carbocycles. The number of rotatable bonds is 5. The lowest BCUT2D eigenvalue weighted by Crippen LogP contribution is -2.48. The Hall–Kier alpha value is -4.47. The predicted molar refractivity (Wildman–Crippen MR) is 141 cm³/mol. The standard InChI is InChI=1S/C29H25F3N6O/c1-3-37-16-25(27(35-37)29(30,31)32)21-5-4-6-22-24(21)12-20(15-36-10-9-33-17-36)38(28(22)39)26-14-34-13-19-8-7-18(2)11-23(19)26/h4-11,13-14,16-17,20H,3,12,15H2,1-2H3. The van der Waals surface area contributed by atoms with Gasteiger partial charge in [0, 0.05) is 59.8 Å². The van der Waals surface area contributed by atoms with E-state index in [2.05, 4.69) is 15.1 Å². The van der Waals surface area contributed by atoms with Gasteiger partial charge in [-0.2, -0.15) is 18.3 Å². The van der Waals surface area contributed by atoms with Crippen molar-refractivity contribution in [2.75, 3.05) is 4.90 Å². The predicted octanol–water partition coefficient (Wildman–Crippen LogP) is 5.91. The zero-order valence-corrected chi connectivity index (χ0v) is 21.4. The number of halogens is 3. The van der Waals surface area contributed by atoms with Gasteiger partial charge >= 0.3 is 6.18 Å². The first kappa shape index (κ1) is 24.8. The Morgan fingerprint density at radius 3 is 2.62 bits per heavy atom. The van der Waals surface area contributed by atoms with Crippen LogP contribution < -0.4 is 4.90 Å². The molecule has 6 rings (SSSR count). The minimum Gasteiger partial charge on any atom is -0.335 e. The lowest BCUT2D eigenvalue weighted by molar-refractivity contribution is -0.141. The molecular formula is C29H25F3N6O. The molecule has 39 heavy (non-hydrogen) atoms. The van der Waals surface area contributed by atoms with Crippen LogP contribution in [0.15, 0.2) is 73.7 Å². The summed E-state index contributed by atoms with van der Waals surface area (Å²) in [5.41, 5.74) is 2.05. The van der Waals surface area contributed by atoms with Crippen molar-refractivity contribution in [3.05, 3.63) is 96.1 Å². The maximum absolute atomic E-state index is 14.2. The summed E-state index contributed by atoms with van der Waals surface area (Å²) in [6.45, 7) is 4.42. The van der Waals surface area contributed by atoms with E-state index in [-0.39, 0.29) is 11.5 Å². The van der Waals surface area contributed by atoms with Crippen LogP contribution in [0.2, 0.25) is 0 Å². The molecule has 1 unspecified atom stereocenters. The molecule has 4 heterocycles. The van der Waals surface area contributed by atoms with Gasteiger partial charge in [0.25, 0.3) is 5.91 Å². The highest BCUT2D eigenvalue weighted by atomic mass is 19.4. The molecule has 0 saturated carbocycles. The van der Waals surface area contributed by atoms with Gasteiger partial charge in [-0.05, 0) is 43.5 Å². The molecule has 10 heteroatoms. The molecule has 5 aromatic rings. The zero-order chi connectivity index (χ0) is 27.3. The minimum absolute atomic E-state index is 0.0220. The smallest absolute Gasteiger partial charge is 0.335 e. The summed E-state index contributed by atoms with van der Waals surface area (Å²) in [7, 11) is 0. The van der Waals surface area contributed by atoms with Crippen molar-refractivity contribution in [3.63, 3.8) is 0 Å². The lowest BCUT2D eigenvalue weighted by Gasteiger charge is -2.38. The number of fused-ring (bicyclic) bond motifs is 2. The molecule has 0 N–H and O–H groups in total. The van der Waals surface area contributed by atoms with Crippen LogP contribution in [0.1, 0.15) is 34.1 Å². The summed E-state index contributed by atoms with van der Waals surface area (Å²) in [4.78, 5) is 24.5. The molecular weight excluding hydrogens is 505 g/mol. The van der Waals surface area contributed by atoms with Crippen LogP contribution in [0.3, 0.4) is 0 Å². The summed E-state index contributed by atoms with van der Waals surface area (Å²) in [6.07, 6.45) is 5.70. The number of hydrogen-bond donors (Lipinski definition) is 0. The molecule has 3 aromatic heterocycles. The van der Waals surface area contributed by atoms with Crippen LogP contribution >= 0.6 is 0 Å². The molecule has 0 spiro atoms. The SMILES string of the molecule is CCn1cc(-c2cccc3c2CC(Cn2ccnc2)N(c2cncc4ccc(C)cc24)C3=O)c(C(F)(F)F)n1. The van der Waals surface area contributed by atoms with E-state index in [1.165, 1.54) is 10.9 Å². The number of pyridine rings is 1. The summed E-state index contributed by atoms with van der Waals surface area (Å²) in [5, 5.41) is 5.59. The van der Waals surface area contributed by atoms with Crippen LogP contribution in [-0.2, 0) is 25.7 Å². The van der Waals surface area contributed by atoms with Gasteiger partial charge in [-0.3, -0.25) is 14.5 Å². The van der Waals surface area contributed by atoms with Crippen LogP contribution in [-0.4, -0.2) is 36.3 Å². The normalized spacial score (nSPS) is 15.7. The first-order valence-corrected chi connectivity index (χ1v) is 12.6. The molecule has 0 bridgehead atoms. The van der Waals surface area contributed by atoms with Crippen LogP contribution in [0, 0.1) is 6.92 Å². The van der Waals surface area contributed by atoms with Gasteiger partial charge in [-0.1, -0.05) is 29.8 Å². The number of carbonyl (C=O) groups excluding carboxylic acids is 1. The highest BCUT2D eigenvalue weighted by Crippen LogP contribution is 2.41. The Bertz CT molecular complexity index is 1690. The van der Waals surface area contributed by atoms with Crippen molar-refractivity contribution in [1.82, 2.24) is 24.3 Å². The highest BCUT2D eigenvalue weighted by Gasteiger charge is 2.40. The van der Waals surface area contributed by atoms with Crippen molar-refractivity contribution in [1.29, 1.82) is 0 Å². The molecule has 1 atom stereocenters. The van der Waals surface area contributed by atoms with Gasteiger partial charge in [-0.15, -0.1) is 0 Å². The number of amides is 1. The lowest BCUT2D eigenvalue weighted by atomic mass is 9.86. The molecule has 2 aromatic carbocycles. The number of carbonyl (C=O) groups is 1. The fourth-order valence-electron chi connectivity index (χ4n) is 5.42. The van der Waals surface area contributed by atoms with E-state index in [1.807, 2.05) is 35.9 Å². The third-order valence-corrected chi connectivity index (χ3v) is 7.21. The van der Waals surface area contributed by atoms with Gasteiger partial charge in [0.1, 0.15) is 0 Å². The van der Waals surface area contributed by atoms with Crippen molar-refractivity contribution in [2.45, 2.75) is 45.6 Å². The molecule has 0 fully saturated rings. The van der Waals surface area contributed by atoms with Crippen molar-refractivity contribution in [2.24, 2.45) is 0 Å². The average Bonchev–Trinajstić information content (AvgIpc) is 3.59. The number of aryl methyl sites for hydroxylation is 2. The zero-order valence-electron chi connectivity index (χ0n) is 21.4. The van der Waals surface area contributed by atoms with E-state index in [1.54, 1.807) is 54.9 Å². The largest absolute Gasteiger partial charge is 0.435 e. The quantitative estimate of drug-likeness (QED) is 0.283. The maximum atomic E-state index is 14.2. The summed E-state index contributed by atoms with van der Waals surface area (Å²) >= 11 is 0. The second-order valence-corrected chi connectivity index (χ2v) is 9.75. The van der Waals surface area contributed by atoms with E-state index in [0.29, 0.717) is 41.9 Å². The van der Waals surface area contributed by atoms with Crippen LogP contribution in [0.4, 0.5) is 18.9 Å². The van der Waals surface area contributed by atoms with E-state index < -0.39 is 17.9 Å². The van der Waals surface area contributed by atoms with E-state index in [0.717, 1.165) is 16.3 Å². The third-order valence-electron chi connectivity index (χ3n) is 7.21. The van der Waals surface area contributed by atoms with E-state index in [4.69, 9.17) is 0 Å². The third kappa shape index (κ3) is 4.35. The second-order valence-electron chi connectivity index (χ2n) is 9.75. The fourth-order valence-corrected chi connectivity index (χ4v) is 5.42. The van der Waals surface area contributed by atoms with E-state index >= 15 is 0 Å². The fraction of sp³-hybridized carbons (Fsp3) is 0.241. The number of aromatic nitrogens is 5. The Balaban J connectivity index is 1.55. The number of anilines is 1. The molecule has 1 aliphatic heterocycles. The first-order valence-electron chi connectivity index (χ1n) is 12.6. The number of hydrogen-bond acceptors (Lipinski definition) is 4. The summed E-state index contributed by atoms with van der Waals surface area (Å²) in [6, 6.07) is 10.5. The Morgan fingerprint density at radius 2 is 1.87 bits per heavy atom. The Labute approximate surface area is 222 Å². The maximum Gasteiger partial charge on any atom is 0.435 e. The monoisotopic (exact) mass is 530 g/mol. The van der Waals surface area contributed by atoms with Gasteiger partial charge in [0.2, 0.25) is 0 Å². The van der Waals surface area contributed by atoms with Crippen LogP contribution in [0.25, 0.3) is 21.9 Å². The molecule has 7 nitrogen and oxygen atoms in total. The highest BCUT2D eigenvalue weighted by molar-refractivity contribution is 6.13. The second kappa shape index (κ2) is 9.37. The van der Waals surface area contributed by atoms with Crippen LogP contribution in [0.5, 0.6) is 0 Å². The number of benzene rings is 2. The average molecular weight is 531 g/mol. The molecule has 0 saturated heterocycles. The van der Waals surface area contributed by atoms with Crippen molar-refractivity contribution in [3.8, 4) is 11.1 Å². The first-order chi connectivity index (χ1) is 18.7. The Kier molecular flexibility index (Phi) is 5.97. The number of alkyl halides is 3. The summed E-state index contributed by atoms with van der Waals surface area (Å²) in [5.74, 6) is -0.282. The number of imidazole rings is 1. The van der Waals surface area contributed by atoms with Gasteiger partial charge in [0.15, 0.2) is 5.69 Å². The van der Waals surface area contributed by atoms with E-state index in [9.17, 15) is 18.0 Å². The van der Waals surface area contributed by atoms with Crippen molar-refractivity contribution < 1.29 is 18.0 Å². The minimum atomic E-state index is -4.63. The topological polar surface area (TPSA) is 68.8 Å². The Morgan fingerprint density at radius 1 is 1.05 bits per heavy atom.